The van der Waals surface area contributed by atoms with Crippen molar-refractivity contribution in [3.8, 4) is 0 Å². The van der Waals surface area contributed by atoms with Crippen LogP contribution in [0.3, 0.4) is 0 Å². The fraction of sp³-hybridized carbons (Fsp3) is 0.562. The Morgan fingerprint density at radius 3 is 2.58 bits per heavy atom. The van der Waals surface area contributed by atoms with Crippen LogP contribution in [0, 0.1) is 13.8 Å². The molecule has 0 aromatic heterocycles. The molecule has 0 saturated carbocycles. The number of rotatable bonds is 3. The van der Waals surface area contributed by atoms with Gasteiger partial charge in [0.25, 0.3) is 5.91 Å². The Morgan fingerprint density at radius 1 is 1.21 bits per heavy atom. The summed E-state index contributed by atoms with van der Waals surface area (Å²) in [5.74, 6) is 0.144. The monoisotopic (exact) mass is 261 g/mol. The number of anilines is 1. The van der Waals surface area contributed by atoms with Gasteiger partial charge in [-0.15, -0.1) is 0 Å². The highest BCUT2D eigenvalue weighted by atomic mass is 16.2. The Labute approximate surface area is 116 Å². The number of piperidine rings is 1. The molecule has 0 bridgehead atoms. The van der Waals surface area contributed by atoms with Crippen molar-refractivity contribution in [1.29, 1.82) is 0 Å². The predicted molar refractivity (Wildman–Crippen MR) is 78.6 cm³/mol. The van der Waals surface area contributed by atoms with Crippen molar-refractivity contribution >= 4 is 11.6 Å². The van der Waals surface area contributed by atoms with Crippen LogP contribution in [0.5, 0.6) is 0 Å². The molecule has 3 nitrogen and oxygen atoms in total. The molecular weight excluding hydrogens is 236 g/mol. The summed E-state index contributed by atoms with van der Waals surface area (Å²) < 4.78 is 0. The molecule has 0 aliphatic carbocycles. The third kappa shape index (κ3) is 3.57. The summed E-state index contributed by atoms with van der Waals surface area (Å²) in [5, 5.41) is 3.09. The van der Waals surface area contributed by atoms with Gasteiger partial charge in [-0.25, -0.2) is 0 Å². The lowest BCUT2D eigenvalue weighted by molar-refractivity contribution is -0.918. The van der Waals surface area contributed by atoms with E-state index in [0.717, 1.165) is 24.3 Å². The first-order valence-electron chi connectivity index (χ1n) is 7.30. The summed E-state index contributed by atoms with van der Waals surface area (Å²) in [4.78, 5) is 13.8. The van der Waals surface area contributed by atoms with Gasteiger partial charge in [0, 0.05) is 5.69 Å². The highest BCUT2D eigenvalue weighted by molar-refractivity contribution is 5.94. The predicted octanol–water partition coefficient (Wildman–Crippen LogP) is 1.70. The number of likely N-dealkylation sites (tertiary alicyclic amines) is 1. The van der Waals surface area contributed by atoms with Crippen LogP contribution in [0.25, 0.3) is 0 Å². The maximum Gasteiger partial charge on any atom is 0.282 e. The van der Waals surface area contributed by atoms with Crippen molar-refractivity contribution < 1.29 is 9.69 Å². The lowest BCUT2D eigenvalue weighted by atomic mass is 10.1. The molecular formula is C16H25N2O+. The number of quaternary nitrogens is 1. The summed E-state index contributed by atoms with van der Waals surface area (Å²) >= 11 is 0. The molecule has 1 atom stereocenters. The van der Waals surface area contributed by atoms with Gasteiger partial charge in [-0.05, 0) is 57.2 Å². The summed E-state index contributed by atoms with van der Waals surface area (Å²) in [6, 6.07) is 6.22. The smallest absolute Gasteiger partial charge is 0.282 e. The van der Waals surface area contributed by atoms with E-state index in [1.165, 1.54) is 29.7 Å². The fourth-order valence-electron chi connectivity index (χ4n) is 2.74. The number of benzene rings is 1. The minimum Gasteiger partial charge on any atom is -0.325 e. The van der Waals surface area contributed by atoms with E-state index in [4.69, 9.17) is 0 Å². The van der Waals surface area contributed by atoms with Crippen LogP contribution in [-0.2, 0) is 4.79 Å². The van der Waals surface area contributed by atoms with Crippen molar-refractivity contribution in [3.63, 3.8) is 0 Å². The minimum atomic E-state index is 0.0419. The van der Waals surface area contributed by atoms with Crippen molar-refractivity contribution in [2.45, 2.75) is 46.1 Å². The zero-order valence-corrected chi connectivity index (χ0v) is 12.3. The number of hydrogen-bond acceptors (Lipinski definition) is 1. The van der Waals surface area contributed by atoms with Crippen LogP contribution in [0.1, 0.15) is 37.3 Å². The molecule has 1 heterocycles. The van der Waals surface area contributed by atoms with Gasteiger partial charge in [-0.1, -0.05) is 12.1 Å². The van der Waals surface area contributed by atoms with E-state index in [9.17, 15) is 4.79 Å². The van der Waals surface area contributed by atoms with Crippen molar-refractivity contribution in [2.75, 3.05) is 18.4 Å². The SMILES string of the molecule is Cc1ccc(C)c(NC(=O)[C@@H](C)[NH+]2CCCCC2)c1. The first-order chi connectivity index (χ1) is 9.08. The molecule has 1 amide bonds. The number of aryl methyl sites for hydroxylation is 2. The largest absolute Gasteiger partial charge is 0.325 e. The Kier molecular flexibility index (Phi) is 4.59. The third-order valence-electron chi connectivity index (χ3n) is 4.15. The van der Waals surface area contributed by atoms with Gasteiger partial charge >= 0.3 is 0 Å². The van der Waals surface area contributed by atoms with Crippen LogP contribution in [0.4, 0.5) is 5.69 Å². The first kappa shape index (κ1) is 14.1. The van der Waals surface area contributed by atoms with E-state index < -0.39 is 0 Å². The zero-order valence-electron chi connectivity index (χ0n) is 12.3. The lowest BCUT2D eigenvalue weighted by Crippen LogP contribution is -3.17. The number of amides is 1. The second kappa shape index (κ2) is 6.20. The van der Waals surface area contributed by atoms with Crippen LogP contribution < -0.4 is 10.2 Å². The molecule has 1 aliphatic heterocycles. The lowest BCUT2D eigenvalue weighted by Gasteiger charge is -2.28. The van der Waals surface area contributed by atoms with Gasteiger partial charge in [0.05, 0.1) is 13.1 Å². The maximum absolute atomic E-state index is 12.3. The molecule has 0 unspecified atom stereocenters. The molecule has 1 aromatic carbocycles. The van der Waals surface area contributed by atoms with Gasteiger partial charge in [0.2, 0.25) is 0 Å². The van der Waals surface area contributed by atoms with Crippen molar-refractivity contribution in [2.24, 2.45) is 0 Å². The van der Waals surface area contributed by atoms with Gasteiger partial charge in [0.1, 0.15) is 0 Å². The molecule has 0 radical (unpaired) electrons. The Balaban J connectivity index is 2.01. The van der Waals surface area contributed by atoms with E-state index in [0.29, 0.717) is 0 Å². The number of hydrogen-bond donors (Lipinski definition) is 2. The van der Waals surface area contributed by atoms with Crippen LogP contribution in [-0.4, -0.2) is 25.0 Å². The molecule has 3 heteroatoms. The normalized spacial score (nSPS) is 18.1. The number of carbonyl (C=O) groups excluding carboxylic acids is 1. The minimum absolute atomic E-state index is 0.0419. The van der Waals surface area contributed by atoms with E-state index in [2.05, 4.69) is 24.4 Å². The van der Waals surface area contributed by atoms with Gasteiger partial charge < -0.3 is 10.2 Å². The van der Waals surface area contributed by atoms with Gasteiger partial charge in [-0.2, -0.15) is 0 Å². The van der Waals surface area contributed by atoms with E-state index >= 15 is 0 Å². The molecule has 19 heavy (non-hydrogen) atoms. The summed E-state index contributed by atoms with van der Waals surface area (Å²) in [7, 11) is 0. The first-order valence-corrected chi connectivity index (χ1v) is 7.30. The average Bonchev–Trinajstić information content (AvgIpc) is 2.43. The van der Waals surface area contributed by atoms with Crippen molar-refractivity contribution in [3.05, 3.63) is 29.3 Å². The second-order valence-corrected chi connectivity index (χ2v) is 5.75. The molecule has 1 aliphatic rings. The topological polar surface area (TPSA) is 33.5 Å². The summed E-state index contributed by atoms with van der Waals surface area (Å²) in [5.41, 5.74) is 3.26. The Hall–Kier alpha value is -1.35. The maximum atomic E-state index is 12.3. The Bertz CT molecular complexity index is 450. The standard InChI is InChI=1S/C16H24N2O/c1-12-7-8-13(2)15(11-12)17-16(19)14(3)18-9-5-4-6-10-18/h7-8,11,14H,4-6,9-10H2,1-3H3,(H,17,19)/p+1/t14-/m1/s1. The van der Waals surface area contributed by atoms with Crippen LogP contribution in [0.2, 0.25) is 0 Å². The van der Waals surface area contributed by atoms with Crippen LogP contribution in [0.15, 0.2) is 18.2 Å². The zero-order chi connectivity index (χ0) is 13.8. The highest BCUT2D eigenvalue weighted by Gasteiger charge is 2.26. The molecule has 2 N–H and O–H groups in total. The number of carbonyl (C=O) groups is 1. The van der Waals surface area contributed by atoms with Crippen LogP contribution >= 0.6 is 0 Å². The highest BCUT2D eigenvalue weighted by Crippen LogP contribution is 2.16. The van der Waals surface area contributed by atoms with E-state index in [-0.39, 0.29) is 11.9 Å². The molecule has 104 valence electrons. The number of nitrogens with one attached hydrogen (secondary N) is 2. The summed E-state index contributed by atoms with van der Waals surface area (Å²) in [6.45, 7) is 8.38. The van der Waals surface area contributed by atoms with E-state index in [1.54, 1.807) is 0 Å². The second-order valence-electron chi connectivity index (χ2n) is 5.75. The molecule has 1 aromatic rings. The quantitative estimate of drug-likeness (QED) is 0.853. The third-order valence-corrected chi connectivity index (χ3v) is 4.15. The average molecular weight is 261 g/mol. The fourth-order valence-corrected chi connectivity index (χ4v) is 2.74. The molecule has 1 fully saturated rings. The molecule has 1 saturated heterocycles. The van der Waals surface area contributed by atoms with E-state index in [1.807, 2.05) is 19.9 Å². The van der Waals surface area contributed by atoms with Gasteiger partial charge in [0.15, 0.2) is 6.04 Å². The molecule has 2 rings (SSSR count). The Morgan fingerprint density at radius 2 is 1.89 bits per heavy atom. The van der Waals surface area contributed by atoms with Crippen molar-refractivity contribution in [1.82, 2.24) is 0 Å². The van der Waals surface area contributed by atoms with Gasteiger partial charge in [-0.3, -0.25) is 4.79 Å². The summed E-state index contributed by atoms with van der Waals surface area (Å²) in [6.07, 6.45) is 3.81. The molecule has 0 spiro atoms.